The number of carbonyl (C=O) groups is 4. The third kappa shape index (κ3) is 11.8. The predicted molar refractivity (Wildman–Crippen MR) is 283 cm³/mol. The van der Waals surface area contributed by atoms with Crippen molar-refractivity contribution in [2.75, 3.05) is 13.1 Å². The third-order valence-corrected chi connectivity index (χ3v) is 15.5. The lowest BCUT2D eigenvalue weighted by molar-refractivity contribution is -0.143. The van der Waals surface area contributed by atoms with E-state index in [0.29, 0.717) is 22.2 Å². The number of carbonyl (C=O) groups excluding carboxylic acids is 4. The summed E-state index contributed by atoms with van der Waals surface area (Å²) >= 11 is 9.43. The second kappa shape index (κ2) is 21.9. The molecule has 19 heteroatoms. The Morgan fingerprint density at radius 1 is 0.973 bits per heavy atom. The van der Waals surface area contributed by atoms with Crippen molar-refractivity contribution in [3.8, 4) is 21.2 Å². The Labute approximate surface area is 437 Å². The van der Waals surface area contributed by atoms with Gasteiger partial charge < -0.3 is 30.7 Å². The molecule has 73 heavy (non-hydrogen) atoms. The number of thiophene rings is 1. The second-order valence-corrected chi connectivity index (χ2v) is 22.2. The Bertz CT molecular complexity index is 3110. The van der Waals surface area contributed by atoms with Gasteiger partial charge in [0.25, 0.3) is 0 Å². The Hall–Kier alpha value is -6.60. The number of nitrogens with zero attached hydrogens (tertiary/aromatic N) is 6. The lowest BCUT2D eigenvalue weighted by Crippen LogP contribution is -2.57. The number of aliphatic hydroxyl groups excluding tert-OH is 1. The van der Waals surface area contributed by atoms with Gasteiger partial charge in [-0.05, 0) is 99.6 Å². The monoisotopic (exact) mass is 1050 g/mol. The fourth-order valence-corrected chi connectivity index (χ4v) is 11.1. The number of ether oxygens (including phenoxy) is 1. The number of fused-ring (bicyclic) bond motifs is 3. The van der Waals surface area contributed by atoms with Gasteiger partial charge in [-0.25, -0.2) is 9.37 Å². The van der Waals surface area contributed by atoms with Crippen LogP contribution in [-0.2, 0) is 19.2 Å². The first kappa shape index (κ1) is 52.7. The SMILES string of the molecule is Cc1ncsc1-c1ccc([C@H](C)NC(=O)[C@@H]2C[C@@H](O)CN2C(=O)C(NC(=O)/C=C/c2ccc(F)c(O[C@@H](C)CNC(=O)C[C@@H]3N=C(c4ccc(Cl)cc4)c4c(sc(C)c4C)-n4c(C)nnc43)c2)C(C)(C)C)cc1. The number of amides is 4. The molecule has 0 radical (unpaired) electrons. The van der Waals surface area contributed by atoms with Crippen LogP contribution in [-0.4, -0.2) is 96.5 Å². The molecule has 8 rings (SSSR count). The van der Waals surface area contributed by atoms with E-state index in [1.54, 1.807) is 55.9 Å². The van der Waals surface area contributed by atoms with Crippen LogP contribution in [0.4, 0.5) is 4.39 Å². The van der Waals surface area contributed by atoms with Crippen LogP contribution in [0.15, 0.2) is 83.3 Å². The van der Waals surface area contributed by atoms with E-state index in [1.807, 2.05) is 73.9 Å². The Balaban J connectivity index is 0.882. The van der Waals surface area contributed by atoms with Crippen LogP contribution in [0.5, 0.6) is 5.75 Å². The summed E-state index contributed by atoms with van der Waals surface area (Å²) < 4.78 is 23.1. The van der Waals surface area contributed by atoms with E-state index >= 15 is 4.39 Å². The van der Waals surface area contributed by atoms with Crippen molar-refractivity contribution in [3.63, 3.8) is 0 Å². The van der Waals surface area contributed by atoms with E-state index < -0.39 is 65.3 Å². The Morgan fingerprint density at radius 3 is 2.37 bits per heavy atom. The summed E-state index contributed by atoms with van der Waals surface area (Å²) in [6, 6.07) is 16.3. The van der Waals surface area contributed by atoms with Crippen LogP contribution in [0.1, 0.15) is 110 Å². The summed E-state index contributed by atoms with van der Waals surface area (Å²) in [5.74, 6) is -1.38. The van der Waals surface area contributed by atoms with Crippen molar-refractivity contribution in [1.29, 1.82) is 0 Å². The minimum atomic E-state index is -1.07. The normalized spacial score (nSPS) is 17.8. The average molecular weight is 1050 g/mol. The number of halogens is 2. The fourth-order valence-electron chi connectivity index (χ4n) is 8.99. The van der Waals surface area contributed by atoms with Crippen LogP contribution in [0.2, 0.25) is 5.02 Å². The molecule has 5 heterocycles. The molecule has 3 aromatic carbocycles. The Kier molecular flexibility index (Phi) is 15.8. The molecule has 1 fully saturated rings. The lowest BCUT2D eigenvalue weighted by Gasteiger charge is -2.35. The van der Waals surface area contributed by atoms with Gasteiger partial charge in [0.1, 0.15) is 35.1 Å². The van der Waals surface area contributed by atoms with Crippen molar-refractivity contribution < 1.29 is 33.4 Å². The molecule has 6 atom stereocenters. The van der Waals surface area contributed by atoms with Gasteiger partial charge in [0, 0.05) is 40.1 Å². The fraction of sp³-hybridized carbons (Fsp3) is 0.370. The number of hydrogen-bond donors (Lipinski definition) is 4. The lowest BCUT2D eigenvalue weighted by atomic mass is 9.85. The van der Waals surface area contributed by atoms with Crippen molar-refractivity contribution in [1.82, 2.24) is 40.6 Å². The van der Waals surface area contributed by atoms with Crippen LogP contribution in [0, 0.1) is 38.9 Å². The van der Waals surface area contributed by atoms with Crippen molar-refractivity contribution in [2.24, 2.45) is 10.4 Å². The van der Waals surface area contributed by atoms with E-state index in [4.69, 9.17) is 21.3 Å². The molecule has 6 aromatic rings. The van der Waals surface area contributed by atoms with E-state index in [0.717, 1.165) is 54.0 Å². The number of β-amino-alcohol motifs (C(OH)–C–C–N with tert-alkyl or cyclic N) is 1. The van der Waals surface area contributed by atoms with Crippen molar-refractivity contribution in [3.05, 3.63) is 139 Å². The maximum atomic E-state index is 15.2. The van der Waals surface area contributed by atoms with Gasteiger partial charge in [-0.1, -0.05) is 74.8 Å². The van der Waals surface area contributed by atoms with E-state index in [-0.39, 0.29) is 37.6 Å². The molecule has 4 N–H and O–H groups in total. The summed E-state index contributed by atoms with van der Waals surface area (Å²) in [5, 5.41) is 29.8. The minimum absolute atomic E-state index is 0.0402. The molecule has 0 spiro atoms. The number of nitrogens with one attached hydrogen (secondary N) is 3. The van der Waals surface area contributed by atoms with Crippen LogP contribution >= 0.6 is 34.3 Å². The number of aromatic nitrogens is 4. The highest BCUT2D eigenvalue weighted by atomic mass is 35.5. The highest BCUT2D eigenvalue weighted by molar-refractivity contribution is 7.15. The van der Waals surface area contributed by atoms with Gasteiger partial charge in [-0.2, -0.15) is 0 Å². The maximum absolute atomic E-state index is 15.2. The summed E-state index contributed by atoms with van der Waals surface area (Å²) in [5.41, 5.74) is 7.88. The van der Waals surface area contributed by atoms with E-state index in [1.165, 1.54) is 35.3 Å². The largest absolute Gasteiger partial charge is 0.486 e. The van der Waals surface area contributed by atoms with Gasteiger partial charge in [-0.15, -0.1) is 32.9 Å². The van der Waals surface area contributed by atoms with Gasteiger partial charge in [-0.3, -0.25) is 28.7 Å². The van der Waals surface area contributed by atoms with Gasteiger partial charge in [0.05, 0.1) is 46.9 Å². The number of likely N-dealkylation sites (tertiary alicyclic amines) is 1. The molecule has 15 nitrogen and oxygen atoms in total. The van der Waals surface area contributed by atoms with Gasteiger partial charge in [0.15, 0.2) is 17.4 Å². The van der Waals surface area contributed by atoms with Gasteiger partial charge >= 0.3 is 0 Å². The molecule has 4 amide bonds. The average Bonchev–Trinajstić information content (AvgIpc) is 4.12. The zero-order valence-corrected chi connectivity index (χ0v) is 44.5. The quantitative estimate of drug-likeness (QED) is 0.0728. The molecule has 2 aliphatic rings. The summed E-state index contributed by atoms with van der Waals surface area (Å²) in [7, 11) is 0. The molecule has 2 aliphatic heterocycles. The molecule has 382 valence electrons. The Morgan fingerprint density at radius 2 is 1.68 bits per heavy atom. The zero-order valence-electron chi connectivity index (χ0n) is 42.1. The number of aliphatic imine (C=N–C) groups is 1. The first-order valence-electron chi connectivity index (χ1n) is 24.0. The minimum Gasteiger partial charge on any atom is -0.486 e. The molecule has 3 aromatic heterocycles. The smallest absolute Gasteiger partial charge is 0.246 e. The molecule has 0 aliphatic carbocycles. The molecule has 1 unspecified atom stereocenters. The standard InChI is InChI=1S/C54H59ClFN9O6S2/c1-28(25-57-45(68)24-41-50-63-62-33(6)65(50)53-46(29(2)32(5)73-53)47(60-41)36-16-18-38(55)19-17-36)71-43-22-34(10-20-40(43)56)11-21-44(67)61-49(54(7,8)9)52(70)64-26-39(66)23-42(64)51(69)59-30(3)35-12-14-37(15-13-35)48-31(4)58-27-72-48/h10-22,27-28,30,39,41-42,49,66H,23-26H2,1-9H3,(H,57,68)(H,59,69)(H,61,67)/b21-11+/t28-,30-,39+,41-,42-,49?/m0/s1. The number of hydrogen-bond acceptors (Lipinski definition) is 12. The number of benzene rings is 3. The topological polar surface area (TPSA) is 193 Å². The molecular formula is C54H59ClFN9O6S2. The summed E-state index contributed by atoms with van der Waals surface area (Å²) in [4.78, 5) is 68.2. The zero-order chi connectivity index (χ0) is 52.5. The number of aliphatic hydroxyl groups is 1. The third-order valence-electron chi connectivity index (χ3n) is 13.1. The second-order valence-electron chi connectivity index (χ2n) is 19.7. The molecule has 0 bridgehead atoms. The summed E-state index contributed by atoms with van der Waals surface area (Å²) in [6.45, 7) is 16.9. The van der Waals surface area contributed by atoms with Crippen molar-refractivity contribution >= 4 is 69.7 Å². The van der Waals surface area contributed by atoms with Gasteiger partial charge in [0.2, 0.25) is 23.6 Å². The highest BCUT2D eigenvalue weighted by Crippen LogP contribution is 2.40. The summed E-state index contributed by atoms with van der Waals surface area (Å²) in [6.07, 6.45) is 1.09. The van der Waals surface area contributed by atoms with Crippen LogP contribution < -0.4 is 20.7 Å². The van der Waals surface area contributed by atoms with E-state index in [2.05, 4.69) is 45.0 Å². The number of rotatable bonds is 15. The van der Waals surface area contributed by atoms with E-state index in [9.17, 15) is 24.3 Å². The number of thiazole rings is 1. The predicted octanol–water partition coefficient (Wildman–Crippen LogP) is 8.73. The maximum Gasteiger partial charge on any atom is 0.246 e. The first-order valence-corrected chi connectivity index (χ1v) is 26.1. The highest BCUT2D eigenvalue weighted by Gasteiger charge is 2.45. The molecule has 0 saturated carbocycles. The van der Waals surface area contributed by atoms with Crippen LogP contribution in [0.25, 0.3) is 21.5 Å². The first-order chi connectivity index (χ1) is 34.7. The number of aryl methyl sites for hydroxylation is 3. The molecule has 1 saturated heterocycles. The molecular weight excluding hydrogens is 989 g/mol. The van der Waals surface area contributed by atoms with Crippen molar-refractivity contribution in [2.45, 2.75) is 112 Å². The van der Waals surface area contributed by atoms with Crippen LogP contribution in [0.3, 0.4) is 0 Å².